The molecule has 0 radical (unpaired) electrons. The van der Waals surface area contributed by atoms with E-state index in [4.69, 9.17) is 18.6 Å². The molecule has 150 valence electrons. The maximum atomic E-state index is 12.7. The number of rotatable bonds is 5. The van der Waals surface area contributed by atoms with Gasteiger partial charge in [0.05, 0.1) is 25.5 Å². The number of benzene rings is 2. The van der Waals surface area contributed by atoms with Crippen LogP contribution >= 0.6 is 0 Å². The Bertz CT molecular complexity index is 1260. The Morgan fingerprint density at radius 3 is 2.37 bits per heavy atom. The van der Waals surface area contributed by atoms with Crippen molar-refractivity contribution in [1.29, 1.82) is 0 Å². The van der Waals surface area contributed by atoms with Gasteiger partial charge in [-0.2, -0.15) is 0 Å². The number of esters is 1. The first-order chi connectivity index (χ1) is 14.6. The predicted octanol–water partition coefficient (Wildman–Crippen LogP) is 4.09. The van der Waals surface area contributed by atoms with Gasteiger partial charge in [0.1, 0.15) is 28.4 Å². The number of pyridine rings is 1. The van der Waals surface area contributed by atoms with E-state index in [1.807, 2.05) is 0 Å². The number of carbonyl (C=O) groups excluding carboxylic acids is 1. The quantitative estimate of drug-likeness (QED) is 0.282. The zero-order chi connectivity index (χ0) is 21.1. The molecule has 0 saturated heterocycles. The molecule has 0 aliphatic carbocycles. The summed E-state index contributed by atoms with van der Waals surface area (Å²) in [5.41, 5.74) is 0.793. The molecule has 2 heterocycles. The number of aromatic nitrogens is 1. The zero-order valence-electron chi connectivity index (χ0n) is 16.2. The van der Waals surface area contributed by atoms with E-state index in [0.717, 1.165) is 0 Å². The number of methoxy groups -OCH3 is 2. The largest absolute Gasteiger partial charge is 0.496 e. The average Bonchev–Trinajstić information content (AvgIpc) is 2.78. The van der Waals surface area contributed by atoms with Crippen molar-refractivity contribution in [3.63, 3.8) is 0 Å². The van der Waals surface area contributed by atoms with Crippen LogP contribution in [0.25, 0.3) is 22.2 Å². The first-order valence-electron chi connectivity index (χ1n) is 9.03. The molecule has 2 aromatic carbocycles. The Hall–Kier alpha value is -4.13. The molecule has 0 aliphatic rings. The van der Waals surface area contributed by atoms with Crippen LogP contribution in [0.15, 0.2) is 76.1 Å². The Labute approximate surface area is 171 Å². The number of fused-ring (bicyclic) bond motifs is 1. The minimum atomic E-state index is -0.656. The van der Waals surface area contributed by atoms with Crippen LogP contribution in [0, 0.1) is 0 Å². The van der Waals surface area contributed by atoms with Gasteiger partial charge in [-0.25, -0.2) is 9.59 Å². The fourth-order valence-corrected chi connectivity index (χ4v) is 3.07. The maximum Gasteiger partial charge on any atom is 0.351 e. The van der Waals surface area contributed by atoms with Crippen LogP contribution in [-0.4, -0.2) is 25.2 Å². The van der Waals surface area contributed by atoms with Gasteiger partial charge in [0.15, 0.2) is 0 Å². The van der Waals surface area contributed by atoms with Crippen LogP contribution in [0.3, 0.4) is 0 Å². The highest BCUT2D eigenvalue weighted by atomic mass is 16.5. The van der Waals surface area contributed by atoms with E-state index >= 15 is 0 Å². The van der Waals surface area contributed by atoms with Gasteiger partial charge in [0, 0.05) is 17.6 Å². The number of ether oxygens (including phenoxy) is 3. The van der Waals surface area contributed by atoms with Gasteiger partial charge in [-0.3, -0.25) is 4.98 Å². The summed E-state index contributed by atoms with van der Waals surface area (Å²) in [4.78, 5) is 29.3. The molecule has 2 aromatic heterocycles. The lowest BCUT2D eigenvalue weighted by atomic mass is 10.1. The van der Waals surface area contributed by atoms with Crippen molar-refractivity contribution in [3.8, 4) is 28.5 Å². The highest BCUT2D eigenvalue weighted by Gasteiger charge is 2.21. The molecule has 7 nitrogen and oxygen atoms in total. The van der Waals surface area contributed by atoms with E-state index < -0.39 is 11.6 Å². The Morgan fingerprint density at radius 2 is 1.70 bits per heavy atom. The normalized spacial score (nSPS) is 10.6. The Morgan fingerprint density at radius 1 is 0.933 bits per heavy atom. The average molecular weight is 403 g/mol. The summed E-state index contributed by atoms with van der Waals surface area (Å²) in [7, 11) is 2.91. The fraction of sp³-hybridized carbons (Fsp3) is 0.0870. The summed E-state index contributed by atoms with van der Waals surface area (Å²) in [5, 5.41) is 0.671. The van der Waals surface area contributed by atoms with Crippen molar-refractivity contribution < 1.29 is 23.4 Å². The fourth-order valence-electron chi connectivity index (χ4n) is 3.07. The zero-order valence-corrected chi connectivity index (χ0v) is 16.2. The molecule has 0 saturated carbocycles. The van der Waals surface area contributed by atoms with E-state index in [-0.39, 0.29) is 16.9 Å². The molecule has 4 rings (SSSR count). The van der Waals surface area contributed by atoms with Gasteiger partial charge >= 0.3 is 11.6 Å². The second kappa shape index (κ2) is 8.08. The van der Waals surface area contributed by atoms with Gasteiger partial charge in [0.2, 0.25) is 0 Å². The first-order valence-corrected chi connectivity index (χ1v) is 9.03. The van der Waals surface area contributed by atoms with E-state index in [0.29, 0.717) is 28.1 Å². The smallest absolute Gasteiger partial charge is 0.351 e. The third-order valence-electron chi connectivity index (χ3n) is 4.49. The third kappa shape index (κ3) is 3.60. The summed E-state index contributed by atoms with van der Waals surface area (Å²) in [5.74, 6) is 0.212. The summed E-state index contributed by atoms with van der Waals surface area (Å²) < 4.78 is 21.4. The number of carbonyl (C=O) groups is 1. The monoisotopic (exact) mass is 403 g/mol. The summed E-state index contributed by atoms with van der Waals surface area (Å²) in [6, 6.07) is 16.8. The standard InChI is InChI=1S/C23H17NO6/c1-27-18-7-5-8-19(28-2)21(18)23(26)29-15-10-9-14-12-16(17-6-3-4-11-24-17)22(25)30-20(14)13-15/h3-13H,1-2H3. The molecule has 0 amide bonds. The minimum absolute atomic E-state index is 0.162. The summed E-state index contributed by atoms with van der Waals surface area (Å²) in [6.07, 6.45) is 1.60. The number of nitrogens with zero attached hydrogens (tertiary/aromatic N) is 1. The van der Waals surface area contributed by atoms with Crippen LogP contribution in [0.4, 0.5) is 0 Å². The van der Waals surface area contributed by atoms with E-state index in [9.17, 15) is 9.59 Å². The topological polar surface area (TPSA) is 87.9 Å². The van der Waals surface area contributed by atoms with E-state index in [1.165, 1.54) is 20.3 Å². The molecule has 0 atom stereocenters. The second-order valence-corrected chi connectivity index (χ2v) is 6.29. The van der Waals surface area contributed by atoms with Crippen LogP contribution in [0.5, 0.6) is 17.2 Å². The van der Waals surface area contributed by atoms with Crippen molar-refractivity contribution in [2.24, 2.45) is 0 Å². The SMILES string of the molecule is COc1cccc(OC)c1C(=O)Oc1ccc2cc(-c3ccccn3)c(=O)oc2c1. The van der Waals surface area contributed by atoms with Crippen molar-refractivity contribution in [3.05, 3.63) is 82.8 Å². The first kappa shape index (κ1) is 19.2. The highest BCUT2D eigenvalue weighted by molar-refractivity contribution is 5.97. The van der Waals surface area contributed by atoms with Gasteiger partial charge < -0.3 is 18.6 Å². The van der Waals surface area contributed by atoms with Crippen LogP contribution in [-0.2, 0) is 0 Å². The van der Waals surface area contributed by atoms with Crippen molar-refractivity contribution >= 4 is 16.9 Å². The van der Waals surface area contributed by atoms with E-state index in [1.54, 1.807) is 60.8 Å². The third-order valence-corrected chi connectivity index (χ3v) is 4.49. The van der Waals surface area contributed by atoms with Gasteiger partial charge in [0.25, 0.3) is 0 Å². The Balaban J connectivity index is 1.68. The van der Waals surface area contributed by atoms with Crippen molar-refractivity contribution in [1.82, 2.24) is 4.98 Å². The summed E-state index contributed by atoms with van der Waals surface area (Å²) in [6.45, 7) is 0. The van der Waals surface area contributed by atoms with Gasteiger partial charge in [-0.15, -0.1) is 0 Å². The lowest BCUT2D eigenvalue weighted by Crippen LogP contribution is -2.12. The second-order valence-electron chi connectivity index (χ2n) is 6.29. The Kier molecular flexibility index (Phi) is 5.17. The molecular formula is C23H17NO6. The van der Waals surface area contributed by atoms with Gasteiger partial charge in [-0.1, -0.05) is 12.1 Å². The van der Waals surface area contributed by atoms with Crippen LogP contribution in [0.2, 0.25) is 0 Å². The number of hydrogen-bond donors (Lipinski definition) is 0. The molecule has 30 heavy (non-hydrogen) atoms. The molecule has 0 spiro atoms. The summed E-state index contributed by atoms with van der Waals surface area (Å²) >= 11 is 0. The molecule has 0 fully saturated rings. The molecule has 0 unspecified atom stereocenters. The molecule has 7 heteroatoms. The lowest BCUT2D eigenvalue weighted by molar-refractivity contribution is 0.0727. The molecule has 0 N–H and O–H groups in total. The molecule has 0 aliphatic heterocycles. The number of hydrogen-bond acceptors (Lipinski definition) is 7. The molecular weight excluding hydrogens is 386 g/mol. The van der Waals surface area contributed by atoms with Crippen LogP contribution < -0.4 is 19.8 Å². The predicted molar refractivity (Wildman–Crippen MR) is 110 cm³/mol. The van der Waals surface area contributed by atoms with Crippen molar-refractivity contribution in [2.75, 3.05) is 14.2 Å². The van der Waals surface area contributed by atoms with Gasteiger partial charge in [-0.05, 0) is 42.5 Å². The van der Waals surface area contributed by atoms with E-state index in [2.05, 4.69) is 4.98 Å². The highest BCUT2D eigenvalue weighted by Crippen LogP contribution is 2.30. The minimum Gasteiger partial charge on any atom is -0.496 e. The molecule has 0 bridgehead atoms. The molecule has 4 aromatic rings. The lowest BCUT2D eigenvalue weighted by Gasteiger charge is -2.12. The van der Waals surface area contributed by atoms with Crippen LogP contribution in [0.1, 0.15) is 10.4 Å². The maximum absolute atomic E-state index is 12.7. The van der Waals surface area contributed by atoms with Crippen molar-refractivity contribution in [2.45, 2.75) is 0 Å².